The Balaban J connectivity index is 3.46. The summed E-state index contributed by atoms with van der Waals surface area (Å²) in [6.07, 6.45) is 0. The first-order chi connectivity index (χ1) is 7.51. The first-order valence-electron chi connectivity index (χ1n) is 4.28. The van der Waals surface area contributed by atoms with Gasteiger partial charge in [-0.1, -0.05) is 0 Å². The number of hydrogen-bond donors (Lipinski definition) is 2. The molecule has 2 N–H and O–H groups in total. The summed E-state index contributed by atoms with van der Waals surface area (Å²) in [5.41, 5.74) is -0.231. The van der Waals surface area contributed by atoms with E-state index >= 15 is 0 Å². The number of carboxylic acid groups (broad SMARTS) is 1. The Morgan fingerprint density at radius 3 is 2.56 bits per heavy atom. The standard InChI is InChI=1S/C9H10N2O5/c1-10-6-3-5(9(12)13)8(16-2)4-7(6)11(14)15/h3-4,10H,1-2H3,(H,12,13). The SMILES string of the molecule is CNc1cc(C(=O)O)c(OC)cc1[N+](=O)[O-]. The zero-order chi connectivity index (χ0) is 12.3. The lowest BCUT2D eigenvalue weighted by Gasteiger charge is -2.08. The maximum Gasteiger partial charge on any atom is 0.339 e. The minimum atomic E-state index is -1.21. The van der Waals surface area contributed by atoms with E-state index in [0.717, 1.165) is 6.07 Å². The molecule has 0 unspecified atom stereocenters. The molecule has 0 aliphatic carbocycles. The van der Waals surface area contributed by atoms with Crippen molar-refractivity contribution in [2.45, 2.75) is 0 Å². The van der Waals surface area contributed by atoms with Crippen molar-refractivity contribution in [3.63, 3.8) is 0 Å². The molecule has 0 aliphatic rings. The molecule has 0 radical (unpaired) electrons. The fourth-order valence-corrected chi connectivity index (χ4v) is 1.26. The molecule has 1 aromatic carbocycles. The average molecular weight is 226 g/mol. The number of nitrogens with one attached hydrogen (secondary N) is 1. The largest absolute Gasteiger partial charge is 0.496 e. The molecule has 7 heteroatoms. The molecule has 16 heavy (non-hydrogen) atoms. The van der Waals surface area contributed by atoms with Gasteiger partial charge in [0.15, 0.2) is 0 Å². The van der Waals surface area contributed by atoms with Crippen LogP contribution in [0.3, 0.4) is 0 Å². The number of anilines is 1. The Morgan fingerprint density at radius 1 is 1.56 bits per heavy atom. The van der Waals surface area contributed by atoms with Crippen molar-refractivity contribution in [3.05, 3.63) is 27.8 Å². The third-order valence-electron chi connectivity index (χ3n) is 2.01. The Labute approximate surface area is 90.8 Å². The number of nitro groups is 1. The fraction of sp³-hybridized carbons (Fsp3) is 0.222. The molecular weight excluding hydrogens is 216 g/mol. The van der Waals surface area contributed by atoms with Crippen molar-refractivity contribution in [1.29, 1.82) is 0 Å². The lowest BCUT2D eigenvalue weighted by atomic mass is 10.1. The van der Waals surface area contributed by atoms with Crippen LogP contribution in [0.4, 0.5) is 11.4 Å². The Morgan fingerprint density at radius 2 is 2.19 bits per heavy atom. The van der Waals surface area contributed by atoms with Crippen molar-refractivity contribution < 1.29 is 19.6 Å². The van der Waals surface area contributed by atoms with E-state index in [9.17, 15) is 14.9 Å². The molecule has 1 aromatic rings. The van der Waals surface area contributed by atoms with E-state index in [1.54, 1.807) is 0 Å². The second kappa shape index (κ2) is 4.47. The third-order valence-corrected chi connectivity index (χ3v) is 2.01. The Kier molecular flexibility index (Phi) is 3.29. The summed E-state index contributed by atoms with van der Waals surface area (Å²) in [4.78, 5) is 20.9. The number of nitrogens with zero attached hydrogens (tertiary/aromatic N) is 1. The molecule has 0 aliphatic heterocycles. The summed E-state index contributed by atoms with van der Waals surface area (Å²) in [6.45, 7) is 0. The molecule has 0 bridgehead atoms. The zero-order valence-electron chi connectivity index (χ0n) is 8.68. The first kappa shape index (κ1) is 11.8. The molecule has 0 atom stereocenters. The van der Waals surface area contributed by atoms with Gasteiger partial charge in [-0.05, 0) is 6.07 Å². The lowest BCUT2D eigenvalue weighted by Crippen LogP contribution is -2.04. The number of carbonyl (C=O) groups is 1. The molecule has 0 fully saturated rings. The minimum Gasteiger partial charge on any atom is -0.496 e. The van der Waals surface area contributed by atoms with Gasteiger partial charge in [-0.15, -0.1) is 0 Å². The molecule has 0 saturated carbocycles. The molecular formula is C9H10N2O5. The van der Waals surface area contributed by atoms with Gasteiger partial charge in [-0.2, -0.15) is 0 Å². The van der Waals surface area contributed by atoms with Crippen LogP contribution in [0.25, 0.3) is 0 Å². The van der Waals surface area contributed by atoms with Crippen LogP contribution in [0.1, 0.15) is 10.4 Å². The van der Waals surface area contributed by atoms with Gasteiger partial charge >= 0.3 is 5.97 Å². The normalized spacial score (nSPS) is 9.62. The predicted molar refractivity (Wildman–Crippen MR) is 56.2 cm³/mol. The molecule has 0 amide bonds. The number of rotatable bonds is 4. The second-order valence-electron chi connectivity index (χ2n) is 2.88. The van der Waals surface area contributed by atoms with Crippen LogP contribution in [-0.2, 0) is 0 Å². The highest BCUT2D eigenvalue weighted by atomic mass is 16.6. The van der Waals surface area contributed by atoms with E-state index in [4.69, 9.17) is 9.84 Å². The second-order valence-corrected chi connectivity index (χ2v) is 2.88. The van der Waals surface area contributed by atoms with Crippen LogP contribution in [0.5, 0.6) is 5.75 Å². The first-order valence-corrected chi connectivity index (χ1v) is 4.28. The molecule has 0 aromatic heterocycles. The number of benzene rings is 1. The summed E-state index contributed by atoms with van der Waals surface area (Å²) in [7, 11) is 2.73. The quantitative estimate of drug-likeness (QED) is 0.593. The number of carboxylic acids is 1. The summed E-state index contributed by atoms with van der Waals surface area (Å²) in [5, 5.41) is 22.1. The Hall–Kier alpha value is -2.31. The zero-order valence-corrected chi connectivity index (χ0v) is 8.68. The van der Waals surface area contributed by atoms with E-state index in [1.807, 2.05) is 0 Å². The third kappa shape index (κ3) is 2.02. The molecule has 0 heterocycles. The molecule has 1 rings (SSSR count). The van der Waals surface area contributed by atoms with E-state index in [1.165, 1.54) is 20.2 Å². The molecule has 0 saturated heterocycles. The highest BCUT2D eigenvalue weighted by Gasteiger charge is 2.21. The van der Waals surface area contributed by atoms with Crippen molar-refractivity contribution in [2.24, 2.45) is 0 Å². The number of methoxy groups -OCH3 is 1. The van der Waals surface area contributed by atoms with Crippen molar-refractivity contribution in [3.8, 4) is 5.75 Å². The maximum atomic E-state index is 10.9. The van der Waals surface area contributed by atoms with Crippen LogP contribution in [0, 0.1) is 10.1 Å². The van der Waals surface area contributed by atoms with E-state index < -0.39 is 10.9 Å². The van der Waals surface area contributed by atoms with Gasteiger partial charge in [-0.25, -0.2) is 4.79 Å². The Bertz CT molecular complexity index is 402. The van der Waals surface area contributed by atoms with Crippen molar-refractivity contribution >= 4 is 17.3 Å². The number of nitro benzene ring substituents is 1. The summed E-state index contributed by atoms with van der Waals surface area (Å²) in [5.74, 6) is -1.25. The van der Waals surface area contributed by atoms with Gasteiger partial charge in [0.1, 0.15) is 17.0 Å². The van der Waals surface area contributed by atoms with Gasteiger partial charge < -0.3 is 15.2 Å². The average Bonchev–Trinajstić information content (AvgIpc) is 2.26. The van der Waals surface area contributed by atoms with Gasteiger partial charge in [0.2, 0.25) is 0 Å². The predicted octanol–water partition coefficient (Wildman–Crippen LogP) is 1.34. The molecule has 7 nitrogen and oxygen atoms in total. The number of ether oxygens (including phenoxy) is 1. The summed E-state index contributed by atoms with van der Waals surface area (Å²) < 4.78 is 4.78. The molecule has 86 valence electrons. The number of aromatic carboxylic acids is 1. The lowest BCUT2D eigenvalue weighted by molar-refractivity contribution is -0.384. The van der Waals surface area contributed by atoms with Crippen molar-refractivity contribution in [1.82, 2.24) is 0 Å². The van der Waals surface area contributed by atoms with E-state index in [-0.39, 0.29) is 22.7 Å². The molecule has 0 spiro atoms. The minimum absolute atomic E-state index is 0.0433. The maximum absolute atomic E-state index is 10.9. The number of hydrogen-bond acceptors (Lipinski definition) is 5. The van der Waals surface area contributed by atoms with Crippen LogP contribution < -0.4 is 10.1 Å². The van der Waals surface area contributed by atoms with Gasteiger partial charge in [-0.3, -0.25) is 10.1 Å². The van der Waals surface area contributed by atoms with E-state index in [2.05, 4.69) is 5.32 Å². The van der Waals surface area contributed by atoms with Gasteiger partial charge in [0, 0.05) is 7.05 Å². The highest BCUT2D eigenvalue weighted by molar-refractivity contribution is 5.93. The van der Waals surface area contributed by atoms with Crippen LogP contribution >= 0.6 is 0 Å². The van der Waals surface area contributed by atoms with Gasteiger partial charge in [0.05, 0.1) is 18.1 Å². The summed E-state index contributed by atoms with van der Waals surface area (Å²) in [6, 6.07) is 2.24. The fourth-order valence-electron chi connectivity index (χ4n) is 1.26. The van der Waals surface area contributed by atoms with Gasteiger partial charge in [0.25, 0.3) is 5.69 Å². The topological polar surface area (TPSA) is 102 Å². The summed E-state index contributed by atoms with van der Waals surface area (Å²) >= 11 is 0. The van der Waals surface area contributed by atoms with E-state index in [0.29, 0.717) is 0 Å². The highest BCUT2D eigenvalue weighted by Crippen LogP contribution is 2.32. The van der Waals surface area contributed by atoms with Crippen LogP contribution in [0.2, 0.25) is 0 Å². The monoisotopic (exact) mass is 226 g/mol. The van der Waals surface area contributed by atoms with Crippen LogP contribution in [0.15, 0.2) is 12.1 Å². The van der Waals surface area contributed by atoms with Crippen LogP contribution in [-0.4, -0.2) is 30.2 Å². The van der Waals surface area contributed by atoms with Crippen molar-refractivity contribution in [2.75, 3.05) is 19.5 Å². The smallest absolute Gasteiger partial charge is 0.339 e.